The predicted molar refractivity (Wildman–Crippen MR) is 145 cm³/mol. The molecule has 0 radical (unpaired) electrons. The lowest BCUT2D eigenvalue weighted by Gasteiger charge is -2.21. The maximum absolute atomic E-state index is 13.5. The average Bonchev–Trinajstić information content (AvgIpc) is 3.40. The van der Waals surface area contributed by atoms with Crippen molar-refractivity contribution in [2.75, 3.05) is 5.23 Å². The van der Waals surface area contributed by atoms with Gasteiger partial charge in [-0.25, -0.2) is 4.98 Å². The Morgan fingerprint density at radius 3 is 2.33 bits per heavy atom. The molecule has 190 valence electrons. The number of carbonyl (C=O) groups excluding carboxylic acids is 3. The first-order valence-corrected chi connectivity index (χ1v) is 12.0. The van der Waals surface area contributed by atoms with Gasteiger partial charge in [0.25, 0.3) is 5.91 Å². The Morgan fingerprint density at radius 1 is 0.872 bits per heavy atom. The summed E-state index contributed by atoms with van der Waals surface area (Å²) in [7, 11) is 0. The third kappa shape index (κ3) is 4.27. The topological polar surface area (TPSA) is 138 Å². The number of carbonyl (C=O) groups is 3. The van der Waals surface area contributed by atoms with E-state index in [9.17, 15) is 24.8 Å². The van der Waals surface area contributed by atoms with E-state index in [-0.39, 0.29) is 45.1 Å². The van der Waals surface area contributed by atoms with Crippen LogP contribution in [0.1, 0.15) is 53.6 Å². The van der Waals surface area contributed by atoms with Crippen LogP contribution in [0.5, 0.6) is 0 Å². The minimum atomic E-state index is -0.409. The highest BCUT2D eigenvalue weighted by molar-refractivity contribution is 6.31. The molecule has 1 aromatic heterocycles. The number of hydrogen-bond donors (Lipinski definition) is 3. The quantitative estimate of drug-likeness (QED) is 0.276. The third-order valence-corrected chi connectivity index (χ3v) is 6.48. The van der Waals surface area contributed by atoms with Crippen LogP contribution in [-0.4, -0.2) is 32.6 Å². The van der Waals surface area contributed by atoms with Gasteiger partial charge in [-0.2, -0.15) is 0 Å². The number of aromatic nitrogens is 2. The molecule has 1 aliphatic carbocycles. The van der Waals surface area contributed by atoms with Crippen molar-refractivity contribution >= 4 is 46.0 Å². The number of aromatic amines is 1. The van der Waals surface area contributed by atoms with Gasteiger partial charge in [0, 0.05) is 22.3 Å². The largest absolute Gasteiger partial charge is 0.733 e. The lowest BCUT2D eigenvalue weighted by atomic mass is 9.83. The maximum atomic E-state index is 13.5. The van der Waals surface area contributed by atoms with Crippen LogP contribution in [0.25, 0.3) is 22.8 Å². The molecule has 1 amide bonds. The van der Waals surface area contributed by atoms with E-state index in [1.807, 2.05) is 0 Å². The van der Waals surface area contributed by atoms with Crippen LogP contribution in [0.2, 0.25) is 0 Å². The number of nitrogens with zero attached hydrogens (tertiary/aromatic N) is 2. The molecule has 0 spiro atoms. The summed E-state index contributed by atoms with van der Waals surface area (Å²) < 4.78 is 0. The Morgan fingerprint density at radius 2 is 1.59 bits per heavy atom. The molecule has 5 aromatic rings. The van der Waals surface area contributed by atoms with Crippen molar-refractivity contribution in [1.82, 2.24) is 15.3 Å². The Hall–Kier alpha value is -5.38. The van der Waals surface area contributed by atoms with Gasteiger partial charge >= 0.3 is 0 Å². The number of fused-ring (bicyclic) bond motifs is 4. The van der Waals surface area contributed by atoms with E-state index in [1.165, 1.54) is 12.1 Å². The molecular weight excluding hydrogens is 496 g/mol. The summed E-state index contributed by atoms with van der Waals surface area (Å²) in [6.07, 6.45) is 1.58. The Balaban J connectivity index is 1.49. The van der Waals surface area contributed by atoms with Gasteiger partial charge in [0.1, 0.15) is 5.52 Å². The number of ketones is 2. The molecule has 0 atom stereocenters. The van der Waals surface area contributed by atoms with Crippen molar-refractivity contribution in [2.24, 2.45) is 0 Å². The van der Waals surface area contributed by atoms with Crippen LogP contribution in [0.4, 0.5) is 5.69 Å². The van der Waals surface area contributed by atoms with E-state index >= 15 is 0 Å². The third-order valence-electron chi connectivity index (χ3n) is 6.48. The molecular formula is C30H19N4O5-. The number of rotatable bonds is 5. The molecule has 0 saturated carbocycles. The van der Waals surface area contributed by atoms with E-state index < -0.39 is 5.91 Å². The van der Waals surface area contributed by atoms with E-state index in [4.69, 9.17) is 0 Å². The molecule has 1 aliphatic rings. The zero-order valence-corrected chi connectivity index (χ0v) is 20.2. The SMILES string of the molecule is O=C(N/C(=C\c1cccc(N([O-])O)c1)c1nc2c3c(ccc2[nH]1)C(=O)c1ccccc1C3=O)c1ccccc1. The van der Waals surface area contributed by atoms with Crippen molar-refractivity contribution < 1.29 is 19.6 Å². The molecule has 0 bridgehead atoms. The molecule has 9 nitrogen and oxygen atoms in total. The van der Waals surface area contributed by atoms with Crippen LogP contribution in [0.15, 0.2) is 91.0 Å². The van der Waals surface area contributed by atoms with Crippen LogP contribution in [0, 0.1) is 5.21 Å². The summed E-state index contributed by atoms with van der Waals surface area (Å²) in [6.45, 7) is 0. The first-order chi connectivity index (χ1) is 18.9. The van der Waals surface area contributed by atoms with Gasteiger partial charge < -0.3 is 20.7 Å². The van der Waals surface area contributed by atoms with E-state index in [0.29, 0.717) is 33.3 Å². The summed E-state index contributed by atoms with van der Waals surface area (Å²) in [6, 6.07) is 24.6. The fraction of sp³-hybridized carbons (Fsp3) is 0. The van der Waals surface area contributed by atoms with Gasteiger partial charge in [0.2, 0.25) is 0 Å². The minimum Gasteiger partial charge on any atom is -0.733 e. The number of anilines is 1. The smallest absolute Gasteiger partial charge is 0.255 e. The number of imidazole rings is 1. The van der Waals surface area contributed by atoms with Crippen LogP contribution < -0.4 is 10.5 Å². The number of amides is 1. The molecule has 1 heterocycles. The van der Waals surface area contributed by atoms with E-state index in [1.54, 1.807) is 84.9 Å². The van der Waals surface area contributed by atoms with Gasteiger partial charge in [-0.15, -0.1) is 0 Å². The number of H-pyrrole nitrogens is 1. The van der Waals surface area contributed by atoms with E-state index in [2.05, 4.69) is 15.3 Å². The maximum Gasteiger partial charge on any atom is 0.255 e. The monoisotopic (exact) mass is 515 g/mol. The zero-order chi connectivity index (χ0) is 27.1. The zero-order valence-electron chi connectivity index (χ0n) is 20.2. The second-order valence-electron chi connectivity index (χ2n) is 8.92. The Bertz CT molecular complexity index is 1820. The molecule has 3 N–H and O–H groups in total. The van der Waals surface area contributed by atoms with Gasteiger partial charge in [0.05, 0.1) is 22.5 Å². The molecule has 0 saturated heterocycles. The number of hydrogen-bond acceptors (Lipinski definition) is 7. The Labute approximate surface area is 221 Å². The predicted octanol–water partition coefficient (Wildman–Crippen LogP) is 4.96. The molecule has 0 fully saturated rings. The fourth-order valence-electron chi connectivity index (χ4n) is 4.63. The number of benzene rings is 4. The lowest BCUT2D eigenvalue weighted by Crippen LogP contribution is -2.22. The summed E-state index contributed by atoms with van der Waals surface area (Å²) in [5, 5.41) is 23.3. The Kier molecular flexibility index (Phi) is 5.84. The molecule has 39 heavy (non-hydrogen) atoms. The van der Waals surface area contributed by atoms with Gasteiger partial charge in [-0.1, -0.05) is 54.6 Å². The highest BCUT2D eigenvalue weighted by atomic mass is 16.8. The van der Waals surface area contributed by atoms with Crippen LogP contribution >= 0.6 is 0 Å². The van der Waals surface area contributed by atoms with Gasteiger partial charge in [-0.3, -0.25) is 19.6 Å². The lowest BCUT2D eigenvalue weighted by molar-refractivity contribution is 0.0972. The summed E-state index contributed by atoms with van der Waals surface area (Å²) in [4.78, 5) is 47.5. The average molecular weight is 516 g/mol. The molecule has 0 aliphatic heterocycles. The molecule has 9 heteroatoms. The highest BCUT2D eigenvalue weighted by Gasteiger charge is 2.32. The van der Waals surface area contributed by atoms with Crippen LogP contribution in [-0.2, 0) is 0 Å². The fourth-order valence-corrected chi connectivity index (χ4v) is 4.63. The molecule has 6 rings (SSSR count). The minimum absolute atomic E-state index is 0.000985. The summed E-state index contributed by atoms with van der Waals surface area (Å²) in [5.74, 6) is -0.750. The standard InChI is InChI=1S/C30H19N4O5/c35-27-20-11-4-5-12-21(20)28(36)25-22(27)13-14-23-26(25)33-29(31-23)24(32-30(37)18-8-2-1-3-9-18)16-17-7-6-10-19(15-17)34(38)39/h1-16,38H,(H,31,33)(H,32,37)/q-1/b24-16-. The second kappa shape index (κ2) is 9.49. The van der Waals surface area contributed by atoms with Crippen molar-refractivity contribution in [3.05, 3.63) is 135 Å². The van der Waals surface area contributed by atoms with Gasteiger partial charge in [-0.05, 0) is 48.0 Å². The van der Waals surface area contributed by atoms with Crippen molar-refractivity contribution in [3.8, 4) is 0 Å². The van der Waals surface area contributed by atoms with Crippen LogP contribution in [0.3, 0.4) is 0 Å². The van der Waals surface area contributed by atoms with Crippen molar-refractivity contribution in [3.63, 3.8) is 0 Å². The normalized spacial score (nSPS) is 12.7. The first-order valence-electron chi connectivity index (χ1n) is 12.0. The highest BCUT2D eigenvalue weighted by Crippen LogP contribution is 2.32. The first kappa shape index (κ1) is 24.0. The second-order valence-corrected chi connectivity index (χ2v) is 8.92. The summed E-state index contributed by atoms with van der Waals surface area (Å²) in [5.41, 5.74) is 3.04. The van der Waals surface area contributed by atoms with Crippen molar-refractivity contribution in [2.45, 2.75) is 0 Å². The van der Waals surface area contributed by atoms with Crippen molar-refractivity contribution in [1.29, 1.82) is 0 Å². The molecule has 0 unspecified atom stereocenters. The van der Waals surface area contributed by atoms with Gasteiger partial charge in [0.15, 0.2) is 17.4 Å². The number of nitrogens with one attached hydrogen (secondary N) is 2. The molecule has 4 aromatic carbocycles. The van der Waals surface area contributed by atoms with E-state index in [0.717, 1.165) is 0 Å². The summed E-state index contributed by atoms with van der Waals surface area (Å²) >= 11 is 0.